The van der Waals surface area contributed by atoms with Gasteiger partial charge in [0.2, 0.25) is 5.91 Å². The number of likely N-dealkylation sites (N-methyl/N-ethyl adjacent to an activating group) is 2. The summed E-state index contributed by atoms with van der Waals surface area (Å²) in [5.41, 5.74) is 6.11. The van der Waals surface area contributed by atoms with E-state index in [2.05, 4.69) is 18.1 Å². The Kier molecular flexibility index (Phi) is 23.1. The zero-order valence-electron chi connectivity index (χ0n) is 17.6. The van der Waals surface area contributed by atoms with Gasteiger partial charge >= 0.3 is 0 Å². The maximum Gasteiger partial charge on any atom is 0.231 e. The fraction of sp³-hybridized carbons (Fsp3) is 0.650. The first-order chi connectivity index (χ1) is 11.8. The summed E-state index contributed by atoms with van der Waals surface area (Å²) in [4.78, 5) is 14.9. The summed E-state index contributed by atoms with van der Waals surface area (Å²) >= 11 is 0. The van der Waals surface area contributed by atoms with Crippen molar-refractivity contribution in [2.24, 2.45) is 5.73 Å². The zero-order valence-corrected chi connectivity index (χ0v) is 17.6. The van der Waals surface area contributed by atoms with Crippen LogP contribution in [0.3, 0.4) is 0 Å². The Balaban J connectivity index is -0.00000112. The number of rotatable bonds is 12. The number of primary amides is 1. The molecule has 0 rings (SSSR count). The van der Waals surface area contributed by atoms with Crippen LogP contribution in [-0.2, 0) is 9.53 Å². The van der Waals surface area contributed by atoms with Gasteiger partial charge in [-0.1, -0.05) is 52.5 Å². The lowest BCUT2D eigenvalue weighted by atomic mass is 10.3. The molecule has 1 amide bonds. The fourth-order valence-corrected chi connectivity index (χ4v) is 1.62. The smallest absolute Gasteiger partial charge is 0.231 e. The molecule has 0 atom stereocenters. The van der Waals surface area contributed by atoms with E-state index in [9.17, 15) is 4.79 Å². The second-order valence-corrected chi connectivity index (χ2v) is 5.36. The maximum absolute atomic E-state index is 10.8. The predicted octanol–water partition coefficient (Wildman–Crippen LogP) is 3.44. The van der Waals surface area contributed by atoms with Gasteiger partial charge in [-0.3, -0.25) is 9.69 Å². The minimum Gasteiger partial charge on any atom is -0.494 e. The summed E-state index contributed by atoms with van der Waals surface area (Å²) < 4.78 is 5.50. The number of carbonyl (C=O) groups excluding carboxylic acids is 1. The standard InChI is InChI=1S/C16H29N3O2.2C2H6/c1-14(2)7-8-15(3)21-12-6-9-18(4)10-11-19(5)13-16(17)20;2*1-2/h7-8H,1,3,6,9-13H2,2,4-5H3,(H2,17,20);2*1-2H3/b8-7-;;. The van der Waals surface area contributed by atoms with Gasteiger partial charge in [0.05, 0.1) is 13.2 Å². The Labute approximate surface area is 156 Å². The number of nitrogens with two attached hydrogens (primary N) is 1. The molecule has 25 heavy (non-hydrogen) atoms. The summed E-state index contributed by atoms with van der Waals surface area (Å²) in [7, 11) is 3.94. The molecule has 0 heterocycles. The van der Waals surface area contributed by atoms with Gasteiger partial charge in [0.1, 0.15) is 5.76 Å². The molecule has 0 unspecified atom stereocenters. The van der Waals surface area contributed by atoms with Gasteiger partial charge in [0.15, 0.2) is 0 Å². The summed E-state index contributed by atoms with van der Waals surface area (Å²) in [5.74, 6) is 0.358. The average Bonchev–Trinajstić information content (AvgIpc) is 2.58. The highest BCUT2D eigenvalue weighted by Gasteiger charge is 2.04. The highest BCUT2D eigenvalue weighted by atomic mass is 16.5. The molecule has 148 valence electrons. The van der Waals surface area contributed by atoms with Crippen LogP contribution in [0.5, 0.6) is 0 Å². The van der Waals surface area contributed by atoms with E-state index in [0.717, 1.165) is 31.6 Å². The lowest BCUT2D eigenvalue weighted by molar-refractivity contribution is -0.118. The van der Waals surface area contributed by atoms with Crippen LogP contribution in [-0.4, -0.2) is 62.6 Å². The van der Waals surface area contributed by atoms with Crippen molar-refractivity contribution in [2.75, 3.05) is 46.9 Å². The van der Waals surface area contributed by atoms with E-state index in [1.54, 1.807) is 0 Å². The van der Waals surface area contributed by atoms with Gasteiger partial charge in [-0.25, -0.2) is 0 Å². The molecule has 0 fully saturated rings. The number of carbonyl (C=O) groups is 1. The first-order valence-electron chi connectivity index (χ1n) is 9.12. The average molecular weight is 356 g/mol. The number of hydrogen-bond donors (Lipinski definition) is 1. The molecule has 0 aliphatic rings. The fourth-order valence-electron chi connectivity index (χ4n) is 1.62. The molecule has 2 N–H and O–H groups in total. The summed E-state index contributed by atoms with van der Waals surface area (Å²) in [6.07, 6.45) is 4.63. The number of nitrogens with zero attached hydrogens (tertiary/aromatic N) is 2. The highest BCUT2D eigenvalue weighted by molar-refractivity contribution is 5.75. The van der Waals surface area contributed by atoms with Gasteiger partial charge in [-0.15, -0.1) is 0 Å². The van der Waals surface area contributed by atoms with Crippen LogP contribution >= 0.6 is 0 Å². The van der Waals surface area contributed by atoms with Crippen molar-refractivity contribution in [2.45, 2.75) is 41.0 Å². The summed E-state index contributed by atoms with van der Waals surface area (Å²) in [5, 5.41) is 0. The predicted molar refractivity (Wildman–Crippen MR) is 111 cm³/mol. The van der Waals surface area contributed by atoms with Gasteiger partial charge in [0, 0.05) is 19.6 Å². The first-order valence-corrected chi connectivity index (χ1v) is 9.12. The van der Waals surface area contributed by atoms with Gasteiger partial charge < -0.3 is 15.4 Å². The molecule has 0 aromatic carbocycles. The van der Waals surface area contributed by atoms with Gasteiger partial charge in [0.25, 0.3) is 0 Å². The molecule has 0 aromatic heterocycles. The second kappa shape index (κ2) is 20.5. The third kappa shape index (κ3) is 24.8. The first kappa shape index (κ1) is 28.2. The van der Waals surface area contributed by atoms with E-state index in [4.69, 9.17) is 10.5 Å². The molecule has 0 aliphatic carbocycles. The van der Waals surface area contributed by atoms with Crippen molar-refractivity contribution in [3.63, 3.8) is 0 Å². The third-order valence-electron chi connectivity index (χ3n) is 2.81. The number of hydrogen-bond acceptors (Lipinski definition) is 4. The van der Waals surface area contributed by atoms with E-state index in [1.807, 2.05) is 65.8 Å². The summed E-state index contributed by atoms with van der Waals surface area (Å²) in [6.45, 7) is 21.1. The number of allylic oxidation sites excluding steroid dienone is 3. The van der Waals surface area contributed by atoms with Crippen molar-refractivity contribution < 1.29 is 9.53 Å². The lowest BCUT2D eigenvalue weighted by Gasteiger charge is -2.21. The quantitative estimate of drug-likeness (QED) is 0.331. The van der Waals surface area contributed by atoms with E-state index in [0.29, 0.717) is 18.9 Å². The highest BCUT2D eigenvalue weighted by Crippen LogP contribution is 2.00. The Bertz CT molecular complexity index is 379. The van der Waals surface area contributed by atoms with Crippen molar-refractivity contribution in [3.05, 3.63) is 36.6 Å². The summed E-state index contributed by atoms with van der Waals surface area (Å²) in [6, 6.07) is 0. The van der Waals surface area contributed by atoms with Crippen LogP contribution < -0.4 is 5.73 Å². The van der Waals surface area contributed by atoms with Gasteiger partial charge in [-0.2, -0.15) is 0 Å². The van der Waals surface area contributed by atoms with Crippen LogP contribution in [0.4, 0.5) is 0 Å². The number of amides is 1. The molecule has 0 radical (unpaired) electrons. The minimum absolute atomic E-state index is 0.296. The monoisotopic (exact) mass is 355 g/mol. The molecule has 0 aliphatic heterocycles. The van der Waals surface area contributed by atoms with Crippen molar-refractivity contribution in [3.8, 4) is 0 Å². The lowest BCUT2D eigenvalue weighted by Crippen LogP contribution is -2.36. The normalized spacial score (nSPS) is 9.96. The third-order valence-corrected chi connectivity index (χ3v) is 2.81. The van der Waals surface area contributed by atoms with E-state index >= 15 is 0 Å². The molecular weight excluding hydrogens is 314 g/mol. The van der Waals surface area contributed by atoms with Crippen LogP contribution in [0, 0.1) is 0 Å². The SMILES string of the molecule is C=C(C)/C=C\C(=C)OCCCN(C)CCN(C)CC(N)=O.CC.CC. The Morgan fingerprint density at radius 2 is 1.52 bits per heavy atom. The van der Waals surface area contributed by atoms with Gasteiger partial charge in [-0.05, 0) is 33.5 Å². The maximum atomic E-state index is 10.8. The van der Waals surface area contributed by atoms with E-state index < -0.39 is 0 Å². The van der Waals surface area contributed by atoms with Crippen molar-refractivity contribution in [1.29, 1.82) is 0 Å². The molecule has 0 bridgehead atoms. The van der Waals surface area contributed by atoms with Crippen LogP contribution in [0.15, 0.2) is 36.6 Å². The van der Waals surface area contributed by atoms with E-state index in [-0.39, 0.29) is 5.91 Å². The number of ether oxygens (including phenoxy) is 1. The minimum atomic E-state index is -0.296. The molecule has 0 saturated carbocycles. The van der Waals surface area contributed by atoms with Crippen LogP contribution in [0.1, 0.15) is 41.0 Å². The molecule has 5 heteroatoms. The second-order valence-electron chi connectivity index (χ2n) is 5.36. The largest absolute Gasteiger partial charge is 0.494 e. The molecule has 5 nitrogen and oxygen atoms in total. The van der Waals surface area contributed by atoms with Crippen molar-refractivity contribution in [1.82, 2.24) is 9.80 Å². The topological polar surface area (TPSA) is 58.8 Å². The van der Waals surface area contributed by atoms with Crippen LogP contribution in [0.2, 0.25) is 0 Å². The molecular formula is C20H41N3O2. The molecule has 0 aromatic rings. The van der Waals surface area contributed by atoms with Crippen molar-refractivity contribution >= 4 is 5.91 Å². The zero-order chi connectivity index (χ0) is 20.3. The Morgan fingerprint density at radius 1 is 1.00 bits per heavy atom. The van der Waals surface area contributed by atoms with E-state index in [1.165, 1.54) is 0 Å². The molecule has 0 spiro atoms. The Hall–Kier alpha value is -1.59. The Morgan fingerprint density at radius 3 is 2.00 bits per heavy atom. The van der Waals surface area contributed by atoms with Crippen LogP contribution in [0.25, 0.3) is 0 Å². The molecule has 0 saturated heterocycles.